The van der Waals surface area contributed by atoms with Crippen molar-refractivity contribution in [3.8, 4) is 55.6 Å². The average molecular weight is 861 g/mol. The highest BCUT2D eigenvalue weighted by atomic mass is 14.2. The molecule has 0 heteroatoms. The molecule has 0 amide bonds. The molecule has 13 rings (SSSR count). The molecule has 0 heterocycles. The van der Waals surface area contributed by atoms with Crippen LogP contribution in [0.15, 0.2) is 267 Å². The maximum absolute atomic E-state index is 3.70. The van der Waals surface area contributed by atoms with E-state index >= 15 is 0 Å². The minimum Gasteiger partial charge on any atom is -0.116 e. The fraction of sp³-hybridized carbons (Fsp3) is 0.0147. The van der Waals surface area contributed by atoms with Gasteiger partial charge in [-0.05, 0) is 145 Å². The highest BCUT2D eigenvalue weighted by Gasteiger charge is 2.22. The zero-order chi connectivity index (χ0) is 45.0. The summed E-state index contributed by atoms with van der Waals surface area (Å²) in [5, 5.41) is 12.6. The highest BCUT2D eigenvalue weighted by Crippen LogP contribution is 2.47. The summed E-state index contributed by atoms with van der Waals surface area (Å²) in [4.78, 5) is 0. The monoisotopic (exact) mass is 860 g/mol. The van der Waals surface area contributed by atoms with Crippen molar-refractivity contribution in [2.45, 2.75) is 5.92 Å². The van der Waals surface area contributed by atoms with Crippen LogP contribution in [0.5, 0.6) is 0 Å². The van der Waals surface area contributed by atoms with Gasteiger partial charge in [0.25, 0.3) is 0 Å². The molecule has 12 aromatic rings. The number of fused-ring (bicyclic) bond motifs is 5. The molecule has 0 aromatic heterocycles. The molecule has 0 saturated heterocycles. The largest absolute Gasteiger partial charge is 0.116 e. The van der Waals surface area contributed by atoms with Gasteiger partial charge in [0.2, 0.25) is 0 Å². The third kappa shape index (κ3) is 6.78. The summed E-state index contributed by atoms with van der Waals surface area (Å²) in [5.41, 5.74) is 19.6. The molecule has 1 unspecified atom stereocenters. The van der Waals surface area contributed by atoms with Crippen molar-refractivity contribution in [3.05, 3.63) is 278 Å². The van der Waals surface area contributed by atoms with Crippen molar-refractivity contribution >= 4 is 59.4 Å². The van der Waals surface area contributed by atoms with Gasteiger partial charge in [-0.2, -0.15) is 0 Å². The van der Waals surface area contributed by atoms with Gasteiger partial charge >= 0.3 is 0 Å². The predicted octanol–water partition coefficient (Wildman–Crippen LogP) is 18.7. The SMILES string of the molecule is C1=CC(c2c3ccccc3c(-c3ccc(-c4ccccc4)cc3)c3ccc(-c4ccc(-c5c6ccccc6c(-c6ccc7ccccc7c6)c6ccccc56)cc4)cc23)C=CC=1c1ccccc1. The van der Waals surface area contributed by atoms with E-state index in [0.717, 1.165) is 5.57 Å². The van der Waals surface area contributed by atoms with Crippen LogP contribution >= 0.6 is 0 Å². The molecule has 1 aliphatic carbocycles. The Morgan fingerprint density at radius 3 is 1.25 bits per heavy atom. The van der Waals surface area contributed by atoms with E-state index in [1.165, 1.54) is 121 Å². The smallest absolute Gasteiger partial charge is 0.0290 e. The average Bonchev–Trinajstić information content (AvgIpc) is 3.42. The maximum Gasteiger partial charge on any atom is 0.0290 e. The lowest BCUT2D eigenvalue weighted by molar-refractivity contribution is 1.11. The lowest BCUT2D eigenvalue weighted by Crippen LogP contribution is -2.00. The fourth-order valence-electron chi connectivity index (χ4n) is 10.9. The summed E-state index contributed by atoms with van der Waals surface area (Å²) >= 11 is 0. The molecule has 12 aromatic carbocycles. The summed E-state index contributed by atoms with van der Waals surface area (Å²) in [6, 6.07) is 89.1. The molecule has 1 atom stereocenters. The van der Waals surface area contributed by atoms with E-state index in [1.54, 1.807) is 0 Å². The molecule has 68 heavy (non-hydrogen) atoms. The van der Waals surface area contributed by atoms with Crippen LogP contribution < -0.4 is 0 Å². The zero-order valence-electron chi connectivity index (χ0n) is 37.4. The molecular weight excluding hydrogens is 817 g/mol. The van der Waals surface area contributed by atoms with Gasteiger partial charge < -0.3 is 0 Å². The number of hydrogen-bond acceptors (Lipinski definition) is 0. The minimum atomic E-state index is 0.0427. The molecule has 316 valence electrons. The van der Waals surface area contributed by atoms with Gasteiger partial charge in [0.15, 0.2) is 0 Å². The first-order chi connectivity index (χ1) is 33.7. The van der Waals surface area contributed by atoms with Gasteiger partial charge in [0.1, 0.15) is 0 Å². The van der Waals surface area contributed by atoms with Crippen LogP contribution in [0.25, 0.3) is 115 Å². The van der Waals surface area contributed by atoms with Gasteiger partial charge in [-0.15, -0.1) is 5.73 Å². The quantitative estimate of drug-likeness (QED) is 0.111. The van der Waals surface area contributed by atoms with Crippen molar-refractivity contribution in [3.63, 3.8) is 0 Å². The van der Waals surface area contributed by atoms with E-state index < -0.39 is 0 Å². The summed E-state index contributed by atoms with van der Waals surface area (Å²) in [6.45, 7) is 0. The van der Waals surface area contributed by atoms with Crippen LogP contribution in [0.3, 0.4) is 0 Å². The second-order valence-corrected chi connectivity index (χ2v) is 18.0. The molecule has 0 fully saturated rings. The topological polar surface area (TPSA) is 0 Å². The Labute approximate surface area is 396 Å². The highest BCUT2D eigenvalue weighted by molar-refractivity contribution is 6.22. The maximum atomic E-state index is 3.70. The van der Waals surface area contributed by atoms with Crippen LogP contribution in [0, 0.1) is 0 Å². The fourth-order valence-corrected chi connectivity index (χ4v) is 10.9. The Morgan fingerprint density at radius 1 is 0.265 bits per heavy atom. The molecular formula is C68H44. The van der Waals surface area contributed by atoms with Gasteiger partial charge in [0, 0.05) is 11.5 Å². The van der Waals surface area contributed by atoms with Crippen LogP contribution in [0.2, 0.25) is 0 Å². The van der Waals surface area contributed by atoms with E-state index in [-0.39, 0.29) is 5.92 Å². The first kappa shape index (κ1) is 39.6. The Hall–Kier alpha value is -8.80. The predicted molar refractivity (Wildman–Crippen MR) is 291 cm³/mol. The molecule has 0 N–H and O–H groups in total. The van der Waals surface area contributed by atoms with Gasteiger partial charge in [-0.25, -0.2) is 0 Å². The summed E-state index contributed by atoms with van der Waals surface area (Å²) in [5.74, 6) is 0.0427. The Balaban J connectivity index is 0.969. The Bertz CT molecular complexity index is 3960. The van der Waals surface area contributed by atoms with Gasteiger partial charge in [-0.1, -0.05) is 237 Å². The van der Waals surface area contributed by atoms with E-state index in [4.69, 9.17) is 0 Å². The van der Waals surface area contributed by atoms with E-state index in [9.17, 15) is 0 Å². The van der Waals surface area contributed by atoms with Crippen LogP contribution in [0.1, 0.15) is 17.0 Å². The van der Waals surface area contributed by atoms with Crippen molar-refractivity contribution in [2.75, 3.05) is 0 Å². The summed E-state index contributed by atoms with van der Waals surface area (Å²) in [6.07, 6.45) is 6.87. The minimum absolute atomic E-state index is 0.0427. The van der Waals surface area contributed by atoms with Crippen molar-refractivity contribution in [2.24, 2.45) is 0 Å². The Kier molecular flexibility index (Phi) is 9.64. The number of benzene rings is 12. The van der Waals surface area contributed by atoms with Crippen LogP contribution in [0.4, 0.5) is 0 Å². The van der Waals surface area contributed by atoms with Crippen LogP contribution in [-0.2, 0) is 0 Å². The van der Waals surface area contributed by atoms with E-state index in [1.807, 2.05) is 0 Å². The molecule has 1 aliphatic rings. The molecule has 0 saturated carbocycles. The molecule has 0 aliphatic heterocycles. The van der Waals surface area contributed by atoms with Crippen molar-refractivity contribution in [1.82, 2.24) is 0 Å². The first-order valence-corrected chi connectivity index (χ1v) is 23.6. The second kappa shape index (κ2) is 16.6. The second-order valence-electron chi connectivity index (χ2n) is 18.0. The van der Waals surface area contributed by atoms with Crippen molar-refractivity contribution in [1.29, 1.82) is 0 Å². The van der Waals surface area contributed by atoms with Gasteiger partial charge in [-0.3, -0.25) is 0 Å². The summed E-state index contributed by atoms with van der Waals surface area (Å²) < 4.78 is 0. The van der Waals surface area contributed by atoms with E-state index in [0.29, 0.717) is 0 Å². The lowest BCUT2D eigenvalue weighted by atomic mass is 9.81. The van der Waals surface area contributed by atoms with Crippen molar-refractivity contribution < 1.29 is 0 Å². The van der Waals surface area contributed by atoms with E-state index in [2.05, 4.69) is 267 Å². The molecule has 0 nitrogen and oxygen atoms in total. The number of hydrogen-bond donors (Lipinski definition) is 0. The summed E-state index contributed by atoms with van der Waals surface area (Å²) in [7, 11) is 0. The molecule has 0 bridgehead atoms. The molecule has 0 spiro atoms. The number of rotatable bonds is 7. The third-order valence-electron chi connectivity index (χ3n) is 14.1. The lowest BCUT2D eigenvalue weighted by Gasteiger charge is -2.22. The Morgan fingerprint density at radius 2 is 0.676 bits per heavy atom. The third-order valence-corrected chi connectivity index (χ3v) is 14.1. The zero-order valence-corrected chi connectivity index (χ0v) is 37.4. The van der Waals surface area contributed by atoms with Gasteiger partial charge in [0.05, 0.1) is 0 Å². The normalized spacial score (nSPS) is 13.5. The molecule has 0 radical (unpaired) electrons. The standard InChI is InChI=1S/C68H44/c1-3-15-45(16-4-1)48-27-34-52(35-28-48)66-57-21-9-12-24-60(57)67(53-36-29-49(30-37-53)46-17-5-2-6-18-46)64-44-55(41-42-63(64)66)50-31-38-51(39-32-50)65-58-22-10-13-25-61(58)68(62-26-14-11-23-59(62)65)56-40-33-47-19-7-8-20-54(47)43-56/h1-29,31-44,53H. The number of allylic oxidation sites excluding steroid dienone is 3. The van der Waals surface area contributed by atoms with Crippen LogP contribution in [-0.4, -0.2) is 0 Å². The first-order valence-electron chi connectivity index (χ1n) is 23.6.